The number of fused-ring (bicyclic) bond motifs is 1. The van der Waals surface area contributed by atoms with Crippen LogP contribution in [-0.2, 0) is 23.7 Å². The number of hydrogen-bond donors (Lipinski definition) is 0. The van der Waals surface area contributed by atoms with Gasteiger partial charge in [0, 0.05) is 0 Å². The highest BCUT2D eigenvalue weighted by molar-refractivity contribution is 7.99. The molecule has 7 rings (SSSR count). The van der Waals surface area contributed by atoms with Gasteiger partial charge in [0.1, 0.15) is 18.2 Å². The van der Waals surface area contributed by atoms with Gasteiger partial charge in [0.25, 0.3) is 5.22 Å². The second kappa shape index (κ2) is 16.4. The third-order valence-electron chi connectivity index (χ3n) is 8.23. The number of oxazole rings is 1. The van der Waals surface area contributed by atoms with Crippen molar-refractivity contribution in [3.63, 3.8) is 0 Å². The maximum Gasteiger partial charge on any atom is 0.338 e. The Morgan fingerprint density at radius 2 is 0.962 bits per heavy atom. The Hall–Kier alpha value is -6.24. The number of ether oxygens (including phenoxy) is 5. The molecule has 1 saturated heterocycles. The summed E-state index contributed by atoms with van der Waals surface area (Å²) in [4.78, 5) is 58.9. The fourth-order valence-corrected chi connectivity index (χ4v) is 6.65. The van der Waals surface area contributed by atoms with Gasteiger partial charge in [0.15, 0.2) is 29.3 Å². The number of hydrogen-bond acceptors (Lipinski definition) is 12. The lowest BCUT2D eigenvalue weighted by molar-refractivity contribution is -0.207. The second-order valence-corrected chi connectivity index (χ2v) is 12.8. The van der Waals surface area contributed by atoms with Gasteiger partial charge in [-0.1, -0.05) is 84.9 Å². The van der Waals surface area contributed by atoms with Crippen LogP contribution >= 0.6 is 11.8 Å². The normalized spacial score (nSPS) is 19.5. The van der Waals surface area contributed by atoms with Crippen LogP contribution in [0, 0.1) is 0 Å². The smallest absolute Gasteiger partial charge is 0.338 e. The van der Waals surface area contributed by atoms with Crippen LogP contribution < -0.4 is 0 Å². The fourth-order valence-electron chi connectivity index (χ4n) is 5.62. The number of para-hydroxylation sites is 2. The standard InChI is InChI=1S/C41H31NO10S/c43-36(26-15-5-1-6-16-26)47-25-32-33(50-37(44)27-17-7-2-8-18-27)34(51-38(45)28-19-9-3-10-20-28)35(52-39(46)29-21-11-4-12-22-29)40(48-32)53-41-42-30-23-13-14-24-31(30)49-41/h1-24,32-35,40H,25H2/t32-,33-,34+,35-,40-/m1/s1. The first-order valence-electron chi connectivity index (χ1n) is 16.6. The van der Waals surface area contributed by atoms with Gasteiger partial charge in [-0.05, 0) is 72.4 Å². The van der Waals surface area contributed by atoms with Gasteiger partial charge in [0.2, 0.25) is 0 Å². The maximum absolute atomic E-state index is 13.8. The third-order valence-corrected chi connectivity index (χ3v) is 9.22. The molecule has 0 radical (unpaired) electrons. The molecule has 2 heterocycles. The van der Waals surface area contributed by atoms with Crippen molar-refractivity contribution in [2.45, 2.75) is 35.1 Å². The SMILES string of the molecule is O=C(OC[C@H]1O[C@H](Sc2nc3ccccc3o2)[C@H](OC(=O)c2ccccc2)[C@@H](OC(=O)c2ccccc2)[C@@H]1OC(=O)c1ccccc1)c1ccccc1. The highest BCUT2D eigenvalue weighted by Gasteiger charge is 2.54. The minimum Gasteiger partial charge on any atom is -0.459 e. The summed E-state index contributed by atoms with van der Waals surface area (Å²) < 4.78 is 36.6. The Kier molecular flexibility index (Phi) is 10.9. The van der Waals surface area contributed by atoms with Crippen molar-refractivity contribution in [2.75, 3.05) is 6.61 Å². The molecule has 0 aliphatic carbocycles. The number of thioether (sulfide) groups is 1. The quantitative estimate of drug-likeness (QED) is 0.0986. The van der Waals surface area contributed by atoms with E-state index in [4.69, 9.17) is 28.1 Å². The lowest BCUT2D eigenvalue weighted by Gasteiger charge is -2.44. The van der Waals surface area contributed by atoms with E-state index in [0.717, 1.165) is 11.8 Å². The number of carbonyl (C=O) groups excluding carboxylic acids is 4. The molecule has 5 atom stereocenters. The van der Waals surface area contributed by atoms with E-state index in [-0.39, 0.29) is 27.5 Å². The molecule has 6 aromatic rings. The molecule has 0 saturated carbocycles. The second-order valence-electron chi connectivity index (χ2n) is 11.8. The Bertz CT molecular complexity index is 2150. The molecular weight excluding hydrogens is 699 g/mol. The van der Waals surface area contributed by atoms with Gasteiger partial charge in [-0.25, -0.2) is 24.2 Å². The predicted molar refractivity (Wildman–Crippen MR) is 192 cm³/mol. The van der Waals surface area contributed by atoms with Crippen molar-refractivity contribution in [3.05, 3.63) is 168 Å². The number of nitrogens with zero attached hydrogens (tertiary/aromatic N) is 1. The maximum atomic E-state index is 13.8. The molecular formula is C41H31NO10S. The number of rotatable bonds is 11. The van der Waals surface area contributed by atoms with Crippen molar-refractivity contribution in [1.29, 1.82) is 0 Å². The summed E-state index contributed by atoms with van der Waals surface area (Å²) in [5, 5.41) is 0.157. The molecule has 12 heteroatoms. The van der Waals surface area contributed by atoms with Crippen LogP contribution in [0.25, 0.3) is 11.1 Å². The molecule has 0 unspecified atom stereocenters. The summed E-state index contributed by atoms with van der Waals surface area (Å²) in [7, 11) is 0. The molecule has 11 nitrogen and oxygen atoms in total. The highest BCUT2D eigenvalue weighted by atomic mass is 32.2. The molecule has 0 amide bonds. The molecule has 1 aromatic heterocycles. The minimum absolute atomic E-state index is 0.157. The summed E-state index contributed by atoms with van der Waals surface area (Å²) in [6.45, 7) is -0.441. The molecule has 266 valence electrons. The van der Waals surface area contributed by atoms with E-state index in [2.05, 4.69) is 4.98 Å². The molecule has 1 aliphatic rings. The molecule has 1 fully saturated rings. The van der Waals surface area contributed by atoms with E-state index in [9.17, 15) is 19.2 Å². The minimum atomic E-state index is -1.49. The van der Waals surface area contributed by atoms with E-state index >= 15 is 0 Å². The largest absolute Gasteiger partial charge is 0.459 e. The van der Waals surface area contributed by atoms with Crippen molar-refractivity contribution in [2.24, 2.45) is 0 Å². The van der Waals surface area contributed by atoms with Crippen LogP contribution in [-0.4, -0.2) is 65.3 Å². The first-order chi connectivity index (χ1) is 25.9. The van der Waals surface area contributed by atoms with Crippen molar-refractivity contribution < 1.29 is 47.3 Å². The summed E-state index contributed by atoms with van der Waals surface area (Å²) in [6, 6.07) is 40.0. The average molecular weight is 730 g/mol. The monoisotopic (exact) mass is 729 g/mol. The molecule has 0 bridgehead atoms. The van der Waals surface area contributed by atoms with Gasteiger partial charge < -0.3 is 28.1 Å². The van der Waals surface area contributed by atoms with E-state index in [1.807, 2.05) is 6.07 Å². The van der Waals surface area contributed by atoms with Crippen molar-refractivity contribution in [3.8, 4) is 0 Å². The molecule has 1 aliphatic heterocycles. The van der Waals surface area contributed by atoms with Crippen molar-refractivity contribution in [1.82, 2.24) is 4.98 Å². The van der Waals surface area contributed by atoms with Gasteiger partial charge in [0.05, 0.1) is 22.3 Å². The van der Waals surface area contributed by atoms with Crippen LogP contribution in [0.3, 0.4) is 0 Å². The van der Waals surface area contributed by atoms with Crippen LogP contribution in [0.2, 0.25) is 0 Å². The van der Waals surface area contributed by atoms with E-state index in [1.54, 1.807) is 140 Å². The zero-order valence-electron chi connectivity index (χ0n) is 27.9. The summed E-state index contributed by atoms with van der Waals surface area (Å²) in [5.41, 5.74) is 0.758. The zero-order chi connectivity index (χ0) is 36.6. The van der Waals surface area contributed by atoms with Gasteiger partial charge >= 0.3 is 23.9 Å². The molecule has 0 N–H and O–H groups in total. The number of carbonyl (C=O) groups is 4. The van der Waals surface area contributed by atoms with E-state index in [1.165, 1.54) is 0 Å². The Labute approximate surface area is 307 Å². The lowest BCUT2D eigenvalue weighted by Crippen LogP contribution is -2.61. The van der Waals surface area contributed by atoms with Gasteiger partial charge in [-0.3, -0.25) is 0 Å². The van der Waals surface area contributed by atoms with Crippen LogP contribution in [0.15, 0.2) is 155 Å². The van der Waals surface area contributed by atoms with Gasteiger partial charge in [-0.15, -0.1) is 0 Å². The van der Waals surface area contributed by atoms with Crippen molar-refractivity contribution >= 4 is 46.7 Å². The summed E-state index contributed by atoms with van der Waals surface area (Å²) in [6.07, 6.45) is -5.59. The Morgan fingerprint density at radius 1 is 0.528 bits per heavy atom. The first-order valence-corrected chi connectivity index (χ1v) is 17.5. The number of esters is 4. The summed E-state index contributed by atoms with van der Waals surface area (Å²) >= 11 is 0.964. The number of aromatic nitrogens is 1. The molecule has 0 spiro atoms. The van der Waals surface area contributed by atoms with Crippen LogP contribution in [0.1, 0.15) is 41.4 Å². The third kappa shape index (κ3) is 8.46. The Morgan fingerprint density at radius 3 is 1.47 bits per heavy atom. The van der Waals surface area contributed by atoms with E-state index in [0.29, 0.717) is 11.1 Å². The number of benzene rings is 5. The topological polar surface area (TPSA) is 140 Å². The fraction of sp³-hybridized carbons (Fsp3) is 0.146. The predicted octanol–water partition coefficient (Wildman–Crippen LogP) is 7.18. The molecule has 5 aromatic carbocycles. The lowest BCUT2D eigenvalue weighted by atomic mass is 9.98. The highest BCUT2D eigenvalue weighted by Crippen LogP contribution is 2.39. The average Bonchev–Trinajstić information content (AvgIpc) is 3.63. The summed E-state index contributed by atoms with van der Waals surface area (Å²) in [5.74, 6) is -2.99. The zero-order valence-corrected chi connectivity index (χ0v) is 28.7. The first kappa shape index (κ1) is 35.2. The van der Waals surface area contributed by atoms with Crippen LogP contribution in [0.5, 0.6) is 0 Å². The van der Waals surface area contributed by atoms with Gasteiger partial charge in [-0.2, -0.15) is 0 Å². The van der Waals surface area contributed by atoms with Crippen LogP contribution in [0.4, 0.5) is 0 Å². The van der Waals surface area contributed by atoms with E-state index < -0.39 is 60.3 Å². The molecule has 53 heavy (non-hydrogen) atoms. The Balaban J connectivity index is 1.30.